The van der Waals surface area contributed by atoms with Gasteiger partial charge in [0.05, 0.1) is 13.2 Å². The highest BCUT2D eigenvalue weighted by atomic mass is 16.5. The summed E-state index contributed by atoms with van der Waals surface area (Å²) in [6.07, 6.45) is 3.10. The number of carboxylic acids is 1. The number of carboxylic acid groups (broad SMARTS) is 1. The summed E-state index contributed by atoms with van der Waals surface area (Å²) in [7, 11) is 0. The summed E-state index contributed by atoms with van der Waals surface area (Å²) in [6, 6.07) is 3.41. The van der Waals surface area contributed by atoms with Gasteiger partial charge < -0.3 is 19.4 Å². The largest absolute Gasteiger partial charge is 0.476 e. The first-order valence-corrected chi connectivity index (χ1v) is 5.11. The van der Waals surface area contributed by atoms with Gasteiger partial charge >= 0.3 is 5.97 Å². The molecule has 6 nitrogen and oxygen atoms in total. The number of hydrogen-bond acceptors (Lipinski definition) is 4. The zero-order chi connectivity index (χ0) is 12.0. The van der Waals surface area contributed by atoms with Crippen molar-refractivity contribution < 1.29 is 19.7 Å². The average Bonchev–Trinajstić information content (AvgIpc) is 2.68. The third kappa shape index (κ3) is 1.49. The predicted molar refractivity (Wildman–Crippen MR) is 56.9 cm³/mol. The van der Waals surface area contributed by atoms with Crippen LogP contribution in [-0.4, -0.2) is 38.8 Å². The monoisotopic (exact) mass is 234 g/mol. The van der Waals surface area contributed by atoms with Gasteiger partial charge in [-0.25, -0.2) is 9.78 Å². The maximum absolute atomic E-state index is 10.8. The molecule has 2 aromatic rings. The van der Waals surface area contributed by atoms with Gasteiger partial charge in [-0.15, -0.1) is 0 Å². The van der Waals surface area contributed by atoms with Crippen LogP contribution in [0.3, 0.4) is 0 Å². The Morgan fingerprint density at radius 3 is 2.76 bits per heavy atom. The first-order valence-electron chi connectivity index (χ1n) is 5.11. The van der Waals surface area contributed by atoms with Gasteiger partial charge in [-0.3, -0.25) is 0 Å². The molecule has 1 saturated heterocycles. The van der Waals surface area contributed by atoms with Crippen molar-refractivity contribution in [2.75, 3.05) is 13.2 Å². The first-order chi connectivity index (χ1) is 8.08. The summed E-state index contributed by atoms with van der Waals surface area (Å²) in [5.41, 5.74) is 0.265. The van der Waals surface area contributed by atoms with Crippen LogP contribution >= 0.6 is 0 Å². The molecular formula is C11H10N2O4. The molecule has 17 heavy (non-hydrogen) atoms. The number of imidazole rings is 1. The number of ether oxygens (including phenoxy) is 1. The lowest BCUT2D eigenvalue weighted by atomic mass is 9.94. The lowest BCUT2D eigenvalue weighted by Gasteiger charge is -2.36. The number of aromatic carboxylic acids is 1. The second-order valence-corrected chi connectivity index (χ2v) is 4.14. The fourth-order valence-electron chi connectivity index (χ4n) is 1.83. The summed E-state index contributed by atoms with van der Waals surface area (Å²) < 4.78 is 6.57. The highest BCUT2D eigenvalue weighted by molar-refractivity contribution is 5.86. The van der Waals surface area contributed by atoms with E-state index in [-0.39, 0.29) is 18.9 Å². The van der Waals surface area contributed by atoms with Gasteiger partial charge in [0.25, 0.3) is 0 Å². The number of fused-ring (bicyclic) bond motifs is 1. The molecule has 0 spiro atoms. The van der Waals surface area contributed by atoms with E-state index in [1.165, 1.54) is 6.20 Å². The van der Waals surface area contributed by atoms with E-state index in [2.05, 4.69) is 4.98 Å². The van der Waals surface area contributed by atoms with Crippen molar-refractivity contribution in [1.29, 1.82) is 0 Å². The predicted octanol–water partition coefficient (Wildman–Crippen LogP) is 0.250. The Labute approximate surface area is 96.1 Å². The molecule has 0 radical (unpaired) electrons. The Kier molecular flexibility index (Phi) is 1.98. The highest BCUT2D eigenvalue weighted by Crippen LogP contribution is 2.29. The molecule has 0 bridgehead atoms. The summed E-state index contributed by atoms with van der Waals surface area (Å²) in [5, 5.41) is 18.9. The quantitative estimate of drug-likeness (QED) is 0.778. The highest BCUT2D eigenvalue weighted by Gasteiger charge is 2.38. The van der Waals surface area contributed by atoms with E-state index in [4.69, 9.17) is 9.84 Å². The first kappa shape index (κ1) is 10.2. The summed E-state index contributed by atoms with van der Waals surface area (Å²) in [4.78, 5) is 14.7. The third-order valence-corrected chi connectivity index (χ3v) is 2.89. The summed E-state index contributed by atoms with van der Waals surface area (Å²) in [5.74, 6) is -1.07. The van der Waals surface area contributed by atoms with Crippen molar-refractivity contribution in [1.82, 2.24) is 9.38 Å². The maximum Gasteiger partial charge on any atom is 0.356 e. The van der Waals surface area contributed by atoms with Crippen LogP contribution in [0.25, 0.3) is 5.65 Å². The molecule has 0 saturated carbocycles. The van der Waals surface area contributed by atoms with Crippen LogP contribution in [0.1, 0.15) is 16.1 Å². The maximum atomic E-state index is 10.8. The molecule has 2 aromatic heterocycles. The molecule has 0 atom stereocenters. The molecule has 0 amide bonds. The lowest BCUT2D eigenvalue weighted by molar-refractivity contribution is -0.184. The topological polar surface area (TPSA) is 84.1 Å². The molecule has 3 rings (SSSR count). The molecule has 1 fully saturated rings. The van der Waals surface area contributed by atoms with Gasteiger partial charge in [-0.2, -0.15) is 0 Å². The summed E-state index contributed by atoms with van der Waals surface area (Å²) in [6.45, 7) is 0.526. The van der Waals surface area contributed by atoms with Crippen molar-refractivity contribution in [3.63, 3.8) is 0 Å². The van der Waals surface area contributed by atoms with Crippen LogP contribution in [0.4, 0.5) is 0 Å². The molecule has 0 unspecified atom stereocenters. The minimum Gasteiger partial charge on any atom is -0.476 e. The Morgan fingerprint density at radius 1 is 1.41 bits per heavy atom. The number of hydrogen-bond donors (Lipinski definition) is 2. The molecule has 3 heterocycles. The molecule has 6 heteroatoms. The number of pyridine rings is 1. The average molecular weight is 234 g/mol. The summed E-state index contributed by atoms with van der Waals surface area (Å²) >= 11 is 0. The van der Waals surface area contributed by atoms with Gasteiger partial charge in [0, 0.05) is 18.0 Å². The standard InChI is InChI=1S/C11H10N2O4/c14-10(15)8-4-13-3-7(1-2-9(13)12-8)11(16)5-17-6-11/h1-4,16H,5-6H2,(H,14,15). The van der Waals surface area contributed by atoms with E-state index in [1.807, 2.05) is 0 Å². The number of rotatable bonds is 2. The second kappa shape index (κ2) is 3.28. The lowest BCUT2D eigenvalue weighted by Crippen LogP contribution is -2.46. The fourth-order valence-corrected chi connectivity index (χ4v) is 1.83. The van der Waals surface area contributed by atoms with Gasteiger partial charge in [0.2, 0.25) is 0 Å². The van der Waals surface area contributed by atoms with Gasteiger partial charge in [-0.1, -0.05) is 6.07 Å². The van der Waals surface area contributed by atoms with E-state index in [1.54, 1.807) is 22.7 Å². The van der Waals surface area contributed by atoms with Gasteiger partial charge in [0.15, 0.2) is 5.69 Å². The van der Waals surface area contributed by atoms with E-state index in [9.17, 15) is 9.90 Å². The van der Waals surface area contributed by atoms with Crippen molar-refractivity contribution in [3.05, 3.63) is 35.8 Å². The zero-order valence-corrected chi connectivity index (χ0v) is 8.83. The minimum atomic E-state index is -1.07. The molecular weight excluding hydrogens is 224 g/mol. The van der Waals surface area contributed by atoms with Crippen molar-refractivity contribution in [2.24, 2.45) is 0 Å². The van der Waals surface area contributed by atoms with E-state index >= 15 is 0 Å². The van der Waals surface area contributed by atoms with Gasteiger partial charge in [0.1, 0.15) is 11.2 Å². The van der Waals surface area contributed by atoms with Crippen molar-refractivity contribution in [2.45, 2.75) is 5.60 Å². The number of aromatic nitrogens is 2. The fraction of sp³-hybridized carbons (Fsp3) is 0.273. The SMILES string of the molecule is O=C(O)c1cn2cc(C3(O)COC3)ccc2n1. The van der Waals surface area contributed by atoms with Crippen LogP contribution in [0.15, 0.2) is 24.5 Å². The molecule has 0 aromatic carbocycles. The van der Waals surface area contributed by atoms with Gasteiger partial charge in [-0.05, 0) is 6.07 Å². The molecule has 0 aliphatic carbocycles. The van der Waals surface area contributed by atoms with E-state index < -0.39 is 11.6 Å². The normalized spacial score (nSPS) is 17.9. The van der Waals surface area contributed by atoms with Crippen LogP contribution < -0.4 is 0 Å². The van der Waals surface area contributed by atoms with E-state index in [0.717, 1.165) is 0 Å². The van der Waals surface area contributed by atoms with Crippen molar-refractivity contribution in [3.8, 4) is 0 Å². The van der Waals surface area contributed by atoms with Crippen LogP contribution in [-0.2, 0) is 10.3 Å². The Morgan fingerprint density at radius 2 is 2.18 bits per heavy atom. The van der Waals surface area contributed by atoms with E-state index in [0.29, 0.717) is 11.2 Å². The molecule has 88 valence electrons. The number of carbonyl (C=O) groups is 1. The third-order valence-electron chi connectivity index (χ3n) is 2.89. The zero-order valence-electron chi connectivity index (χ0n) is 8.83. The van der Waals surface area contributed by atoms with Crippen molar-refractivity contribution >= 4 is 11.6 Å². The van der Waals surface area contributed by atoms with Crippen LogP contribution in [0, 0.1) is 0 Å². The minimum absolute atomic E-state index is 0.0148. The molecule has 1 aliphatic heterocycles. The Bertz CT molecular complexity index is 601. The molecule has 2 N–H and O–H groups in total. The molecule has 1 aliphatic rings. The Balaban J connectivity index is 2.09. The van der Waals surface area contributed by atoms with Crippen LogP contribution in [0.2, 0.25) is 0 Å². The number of nitrogens with zero attached hydrogens (tertiary/aromatic N) is 2. The smallest absolute Gasteiger partial charge is 0.356 e. The van der Waals surface area contributed by atoms with Crippen LogP contribution in [0.5, 0.6) is 0 Å². The number of aliphatic hydroxyl groups is 1. The second-order valence-electron chi connectivity index (χ2n) is 4.14. The Hall–Kier alpha value is -1.92.